The van der Waals surface area contributed by atoms with E-state index >= 15 is 0 Å². The van der Waals surface area contributed by atoms with Gasteiger partial charge in [-0.05, 0) is 53.9 Å². The van der Waals surface area contributed by atoms with E-state index in [9.17, 15) is 4.79 Å². The Morgan fingerprint density at radius 3 is 2.00 bits per heavy atom. The van der Waals surface area contributed by atoms with Crippen LogP contribution in [-0.4, -0.2) is 25.8 Å². The maximum Gasteiger partial charge on any atom is 0.244 e. The number of ether oxygens (including phenoxy) is 2. The van der Waals surface area contributed by atoms with E-state index in [0.29, 0.717) is 0 Å². The average molecular weight is 326 g/mol. The van der Waals surface area contributed by atoms with Crippen molar-refractivity contribution in [2.45, 2.75) is 19.8 Å². The molecule has 0 saturated heterocycles. The van der Waals surface area contributed by atoms with Crippen molar-refractivity contribution in [1.29, 1.82) is 0 Å². The lowest BCUT2D eigenvalue weighted by atomic mass is 10.1. The first kappa shape index (κ1) is 17.5. The van der Waals surface area contributed by atoms with E-state index in [1.54, 1.807) is 14.2 Å². The van der Waals surface area contributed by atoms with Gasteiger partial charge in [0.2, 0.25) is 5.91 Å². The molecule has 24 heavy (non-hydrogen) atoms. The molecular formula is C19H22N2O3. The van der Waals surface area contributed by atoms with Gasteiger partial charge in [0.1, 0.15) is 11.5 Å². The molecule has 0 spiro atoms. The Morgan fingerprint density at radius 2 is 1.50 bits per heavy atom. The molecule has 0 saturated carbocycles. The summed E-state index contributed by atoms with van der Waals surface area (Å²) in [6.07, 6.45) is 0.988. The van der Waals surface area contributed by atoms with Gasteiger partial charge in [-0.2, -0.15) is 5.10 Å². The number of hydrogen-bond acceptors (Lipinski definition) is 4. The summed E-state index contributed by atoms with van der Waals surface area (Å²) in [5.74, 6) is 1.40. The first-order valence-electron chi connectivity index (χ1n) is 7.79. The molecule has 0 unspecified atom stereocenters. The minimum Gasteiger partial charge on any atom is -0.497 e. The van der Waals surface area contributed by atoms with Crippen LogP contribution < -0.4 is 14.9 Å². The third-order valence-corrected chi connectivity index (χ3v) is 3.60. The largest absolute Gasteiger partial charge is 0.497 e. The first-order chi connectivity index (χ1) is 11.7. The molecule has 1 amide bonds. The normalized spacial score (nSPS) is 11.0. The molecule has 5 nitrogen and oxygen atoms in total. The maximum atomic E-state index is 12.0. The van der Waals surface area contributed by atoms with Crippen molar-refractivity contribution < 1.29 is 14.3 Å². The summed E-state index contributed by atoms with van der Waals surface area (Å²) in [6.45, 7) is 2.00. The van der Waals surface area contributed by atoms with Gasteiger partial charge in [-0.1, -0.05) is 19.1 Å². The summed E-state index contributed by atoms with van der Waals surface area (Å²) in [4.78, 5) is 12.0. The zero-order valence-electron chi connectivity index (χ0n) is 14.2. The predicted molar refractivity (Wildman–Crippen MR) is 94.7 cm³/mol. The van der Waals surface area contributed by atoms with Crippen LogP contribution in [0.5, 0.6) is 11.5 Å². The van der Waals surface area contributed by atoms with Crippen LogP contribution in [0.25, 0.3) is 0 Å². The van der Waals surface area contributed by atoms with E-state index in [1.807, 2.05) is 55.5 Å². The van der Waals surface area contributed by atoms with E-state index in [4.69, 9.17) is 9.47 Å². The zero-order valence-corrected chi connectivity index (χ0v) is 14.2. The molecule has 126 valence electrons. The van der Waals surface area contributed by atoms with Crippen LogP contribution in [0.1, 0.15) is 24.5 Å². The fraction of sp³-hybridized carbons (Fsp3) is 0.263. The molecule has 0 heterocycles. The van der Waals surface area contributed by atoms with Gasteiger partial charge in [0.25, 0.3) is 0 Å². The van der Waals surface area contributed by atoms with E-state index < -0.39 is 0 Å². The Balaban J connectivity index is 1.98. The molecule has 0 aliphatic carbocycles. The average Bonchev–Trinajstić information content (AvgIpc) is 2.63. The minimum absolute atomic E-state index is 0.153. The number of hydrogen-bond donors (Lipinski definition) is 1. The van der Waals surface area contributed by atoms with Crippen LogP contribution in [0.2, 0.25) is 0 Å². The van der Waals surface area contributed by atoms with Crippen LogP contribution in [0, 0.1) is 0 Å². The van der Waals surface area contributed by atoms with Crippen molar-refractivity contribution in [2.75, 3.05) is 14.2 Å². The Hall–Kier alpha value is -2.82. The molecule has 0 atom stereocenters. The third kappa shape index (κ3) is 4.84. The maximum absolute atomic E-state index is 12.0. The van der Waals surface area contributed by atoms with Gasteiger partial charge in [0.15, 0.2) is 0 Å². The lowest BCUT2D eigenvalue weighted by Gasteiger charge is -2.07. The molecule has 0 fully saturated rings. The van der Waals surface area contributed by atoms with Gasteiger partial charge < -0.3 is 9.47 Å². The number of nitrogens with one attached hydrogen (secondary N) is 1. The Bertz CT molecular complexity index is 692. The number of amides is 1. The summed E-state index contributed by atoms with van der Waals surface area (Å²) in [7, 11) is 3.24. The number of nitrogens with zero attached hydrogens (tertiary/aromatic N) is 1. The zero-order chi connectivity index (χ0) is 17.4. The van der Waals surface area contributed by atoms with Crippen molar-refractivity contribution in [3.05, 3.63) is 59.7 Å². The van der Waals surface area contributed by atoms with Crippen LogP contribution in [0.4, 0.5) is 0 Å². The number of carbonyl (C=O) groups excluding carboxylic acids is 1. The first-order valence-corrected chi connectivity index (χ1v) is 7.79. The van der Waals surface area contributed by atoms with Gasteiger partial charge in [0.05, 0.1) is 26.4 Å². The van der Waals surface area contributed by atoms with Crippen molar-refractivity contribution in [3.63, 3.8) is 0 Å². The second-order valence-corrected chi connectivity index (χ2v) is 5.20. The van der Waals surface area contributed by atoms with Crippen LogP contribution >= 0.6 is 0 Å². The van der Waals surface area contributed by atoms with Crippen molar-refractivity contribution in [2.24, 2.45) is 5.10 Å². The highest BCUT2D eigenvalue weighted by molar-refractivity contribution is 6.01. The molecule has 2 aromatic carbocycles. The van der Waals surface area contributed by atoms with E-state index in [1.165, 1.54) is 0 Å². The summed E-state index contributed by atoms with van der Waals surface area (Å²) in [6, 6.07) is 15.0. The van der Waals surface area contributed by atoms with E-state index in [2.05, 4.69) is 10.5 Å². The molecule has 2 aromatic rings. The number of benzene rings is 2. The molecule has 5 heteroatoms. The highest BCUT2D eigenvalue weighted by Crippen LogP contribution is 2.13. The Kier molecular flexibility index (Phi) is 6.37. The van der Waals surface area contributed by atoms with Gasteiger partial charge >= 0.3 is 0 Å². The summed E-state index contributed by atoms with van der Waals surface area (Å²) >= 11 is 0. The third-order valence-electron chi connectivity index (χ3n) is 3.60. The lowest BCUT2D eigenvalue weighted by molar-refractivity contribution is -0.120. The number of carbonyl (C=O) groups is 1. The Morgan fingerprint density at radius 1 is 0.958 bits per heavy atom. The van der Waals surface area contributed by atoms with Crippen LogP contribution in [0.3, 0.4) is 0 Å². The molecule has 0 aliphatic rings. The van der Waals surface area contributed by atoms with Gasteiger partial charge in [0, 0.05) is 0 Å². The highest BCUT2D eigenvalue weighted by Gasteiger charge is 2.05. The number of rotatable bonds is 7. The van der Waals surface area contributed by atoms with E-state index in [-0.39, 0.29) is 12.3 Å². The fourth-order valence-electron chi connectivity index (χ4n) is 2.23. The van der Waals surface area contributed by atoms with Crippen molar-refractivity contribution in [1.82, 2.24) is 5.43 Å². The Labute approximate surface area is 142 Å². The topological polar surface area (TPSA) is 59.9 Å². The summed E-state index contributed by atoms with van der Waals surface area (Å²) in [5.41, 5.74) is 5.31. The molecule has 0 radical (unpaired) electrons. The van der Waals surface area contributed by atoms with Crippen LogP contribution in [0.15, 0.2) is 53.6 Å². The van der Waals surface area contributed by atoms with Gasteiger partial charge in [-0.15, -0.1) is 0 Å². The second-order valence-electron chi connectivity index (χ2n) is 5.20. The van der Waals surface area contributed by atoms with Crippen molar-refractivity contribution in [3.8, 4) is 11.5 Å². The quantitative estimate of drug-likeness (QED) is 0.628. The minimum atomic E-state index is -0.153. The highest BCUT2D eigenvalue weighted by atomic mass is 16.5. The molecule has 2 rings (SSSR count). The SMILES string of the molecule is CC/C(=N\NC(=O)Cc1ccc(OC)cc1)c1ccc(OC)cc1. The smallest absolute Gasteiger partial charge is 0.244 e. The van der Waals surface area contributed by atoms with Gasteiger partial charge in [-0.25, -0.2) is 5.43 Å². The molecule has 1 N–H and O–H groups in total. The lowest BCUT2D eigenvalue weighted by Crippen LogP contribution is -2.21. The fourth-order valence-corrected chi connectivity index (χ4v) is 2.23. The molecular weight excluding hydrogens is 304 g/mol. The molecule has 0 bridgehead atoms. The number of methoxy groups -OCH3 is 2. The monoisotopic (exact) mass is 326 g/mol. The summed E-state index contributed by atoms with van der Waals surface area (Å²) < 4.78 is 10.2. The van der Waals surface area contributed by atoms with Crippen LogP contribution in [-0.2, 0) is 11.2 Å². The van der Waals surface area contributed by atoms with E-state index in [0.717, 1.165) is 34.8 Å². The standard InChI is InChI=1S/C19H22N2O3/c1-4-18(15-7-11-17(24-3)12-8-15)20-21-19(22)13-14-5-9-16(23-2)10-6-14/h5-12H,4,13H2,1-3H3,(H,21,22)/b20-18+. The number of hydrazone groups is 1. The van der Waals surface area contributed by atoms with Gasteiger partial charge in [-0.3, -0.25) is 4.79 Å². The van der Waals surface area contributed by atoms with Crippen molar-refractivity contribution >= 4 is 11.6 Å². The summed E-state index contributed by atoms with van der Waals surface area (Å²) in [5, 5.41) is 4.25. The molecule has 0 aromatic heterocycles. The predicted octanol–water partition coefficient (Wildman–Crippen LogP) is 3.18. The molecule has 0 aliphatic heterocycles. The second kappa shape index (κ2) is 8.72.